The first-order chi connectivity index (χ1) is 12.6. The number of carbonyl (C=O) groups is 1. The van der Waals surface area contributed by atoms with Gasteiger partial charge in [-0.25, -0.2) is 4.39 Å². The van der Waals surface area contributed by atoms with Crippen LogP contribution in [0.5, 0.6) is 5.75 Å². The zero-order valence-electron chi connectivity index (χ0n) is 14.2. The molecule has 0 saturated carbocycles. The van der Waals surface area contributed by atoms with Gasteiger partial charge in [-0.1, -0.05) is 11.6 Å². The van der Waals surface area contributed by atoms with Gasteiger partial charge in [-0.05, 0) is 49.2 Å². The van der Waals surface area contributed by atoms with Crippen molar-refractivity contribution < 1.29 is 13.9 Å². The lowest BCUT2D eigenvalue weighted by Crippen LogP contribution is -2.41. The van der Waals surface area contributed by atoms with Crippen LogP contribution in [0.25, 0.3) is 0 Å². The van der Waals surface area contributed by atoms with Gasteiger partial charge in [-0.3, -0.25) is 4.79 Å². The molecule has 0 bridgehead atoms. The van der Waals surface area contributed by atoms with Crippen LogP contribution in [-0.2, 0) is 4.79 Å². The first-order valence-electron chi connectivity index (χ1n) is 8.52. The number of nitrogens with one attached hydrogen (secondary N) is 1. The van der Waals surface area contributed by atoms with Crippen molar-refractivity contribution in [3.05, 3.63) is 47.4 Å². The molecule has 0 radical (unpaired) electrons. The maximum Gasteiger partial charge on any atom is 0.223 e. The van der Waals surface area contributed by atoms with E-state index in [1.165, 1.54) is 12.1 Å². The van der Waals surface area contributed by atoms with Crippen molar-refractivity contribution in [2.24, 2.45) is 5.92 Å². The lowest BCUT2D eigenvalue weighted by molar-refractivity contribution is -0.125. The first-order valence-corrected chi connectivity index (χ1v) is 8.90. The summed E-state index contributed by atoms with van der Waals surface area (Å²) in [5.41, 5.74) is 0. The largest absolute Gasteiger partial charge is 0.492 e. The van der Waals surface area contributed by atoms with Gasteiger partial charge in [0.2, 0.25) is 5.91 Å². The maximum absolute atomic E-state index is 12.8. The predicted molar refractivity (Wildman–Crippen MR) is 96.9 cm³/mol. The van der Waals surface area contributed by atoms with Crippen LogP contribution in [0.2, 0.25) is 5.15 Å². The third kappa shape index (κ3) is 5.05. The number of benzene rings is 1. The molecule has 0 unspecified atom stereocenters. The molecular formula is C18H20ClFN4O2. The van der Waals surface area contributed by atoms with Gasteiger partial charge in [0.05, 0.1) is 6.54 Å². The summed E-state index contributed by atoms with van der Waals surface area (Å²) >= 11 is 5.75. The Balaban J connectivity index is 1.37. The summed E-state index contributed by atoms with van der Waals surface area (Å²) in [4.78, 5) is 14.4. The normalized spacial score (nSPS) is 14.9. The van der Waals surface area contributed by atoms with E-state index in [2.05, 4.69) is 20.4 Å². The van der Waals surface area contributed by atoms with Crippen molar-refractivity contribution in [3.63, 3.8) is 0 Å². The number of aromatic nitrogens is 2. The van der Waals surface area contributed by atoms with Gasteiger partial charge in [0.25, 0.3) is 0 Å². The Hall–Kier alpha value is -2.41. The molecule has 6 nitrogen and oxygen atoms in total. The van der Waals surface area contributed by atoms with E-state index in [1.807, 2.05) is 6.07 Å². The molecule has 138 valence electrons. The number of anilines is 1. The molecule has 3 rings (SSSR count). The van der Waals surface area contributed by atoms with Crippen LogP contribution in [-0.4, -0.2) is 42.3 Å². The van der Waals surface area contributed by atoms with Gasteiger partial charge < -0.3 is 15.0 Å². The second-order valence-corrected chi connectivity index (χ2v) is 6.46. The monoisotopic (exact) mass is 378 g/mol. The number of carbonyl (C=O) groups excluding carboxylic acids is 1. The standard InChI is InChI=1S/C18H20ClFN4O2/c19-16-5-6-17(23-22-16)24-10-7-13(8-11-24)18(25)21-9-12-26-15-3-1-14(20)2-4-15/h1-6,13H,7-12H2,(H,21,25). The van der Waals surface area contributed by atoms with E-state index in [-0.39, 0.29) is 17.6 Å². The molecule has 0 aliphatic carbocycles. The molecule has 0 atom stereocenters. The molecular weight excluding hydrogens is 359 g/mol. The minimum absolute atomic E-state index is 0.0164. The molecule has 1 aliphatic rings. The van der Waals surface area contributed by atoms with Crippen LogP contribution in [0.15, 0.2) is 36.4 Å². The van der Waals surface area contributed by atoms with Gasteiger partial charge in [-0.15, -0.1) is 10.2 Å². The number of amides is 1. The molecule has 1 fully saturated rings. The Labute approximate surface area is 156 Å². The van der Waals surface area contributed by atoms with Crippen molar-refractivity contribution in [2.45, 2.75) is 12.8 Å². The van der Waals surface area contributed by atoms with Crippen LogP contribution < -0.4 is 15.0 Å². The van der Waals surface area contributed by atoms with Crippen molar-refractivity contribution in [1.29, 1.82) is 0 Å². The molecule has 1 amide bonds. The Morgan fingerprint density at radius 1 is 1.19 bits per heavy atom. The fraction of sp³-hybridized carbons (Fsp3) is 0.389. The zero-order valence-corrected chi connectivity index (χ0v) is 15.0. The summed E-state index contributed by atoms with van der Waals surface area (Å²) in [6.07, 6.45) is 1.52. The Bertz CT molecular complexity index is 719. The van der Waals surface area contributed by atoms with Crippen molar-refractivity contribution in [1.82, 2.24) is 15.5 Å². The quantitative estimate of drug-likeness (QED) is 0.783. The molecule has 1 saturated heterocycles. The van der Waals surface area contributed by atoms with Crippen molar-refractivity contribution in [3.8, 4) is 5.75 Å². The van der Waals surface area contributed by atoms with E-state index in [0.717, 1.165) is 31.7 Å². The Morgan fingerprint density at radius 2 is 1.92 bits per heavy atom. The van der Waals surface area contributed by atoms with Gasteiger partial charge in [0.15, 0.2) is 11.0 Å². The van der Waals surface area contributed by atoms with Gasteiger partial charge in [0, 0.05) is 19.0 Å². The molecule has 1 aromatic carbocycles. The minimum atomic E-state index is -0.304. The molecule has 2 aromatic rings. The van der Waals surface area contributed by atoms with E-state index < -0.39 is 0 Å². The Kier molecular flexibility index (Phi) is 6.22. The number of ether oxygens (including phenoxy) is 1. The summed E-state index contributed by atoms with van der Waals surface area (Å²) < 4.78 is 18.3. The highest BCUT2D eigenvalue weighted by atomic mass is 35.5. The number of hydrogen-bond donors (Lipinski definition) is 1. The number of nitrogens with zero attached hydrogens (tertiary/aromatic N) is 3. The van der Waals surface area contributed by atoms with Crippen LogP contribution in [0.1, 0.15) is 12.8 Å². The van der Waals surface area contributed by atoms with E-state index >= 15 is 0 Å². The third-order valence-electron chi connectivity index (χ3n) is 4.29. The van der Waals surface area contributed by atoms with Crippen molar-refractivity contribution >= 4 is 23.3 Å². The van der Waals surface area contributed by atoms with E-state index in [0.29, 0.717) is 24.1 Å². The predicted octanol–water partition coefficient (Wildman–Crippen LogP) is 2.68. The van der Waals surface area contributed by atoms with Crippen LogP contribution in [0, 0.1) is 11.7 Å². The topological polar surface area (TPSA) is 67.3 Å². The van der Waals surface area contributed by atoms with Gasteiger partial charge in [0.1, 0.15) is 18.2 Å². The summed E-state index contributed by atoms with van der Waals surface area (Å²) in [6.45, 7) is 2.26. The van der Waals surface area contributed by atoms with Crippen LogP contribution in [0.4, 0.5) is 10.2 Å². The fourth-order valence-electron chi connectivity index (χ4n) is 2.87. The smallest absolute Gasteiger partial charge is 0.223 e. The first kappa shape index (κ1) is 18.4. The highest BCUT2D eigenvalue weighted by Crippen LogP contribution is 2.22. The van der Waals surface area contributed by atoms with E-state index in [4.69, 9.17) is 16.3 Å². The second kappa shape index (κ2) is 8.80. The maximum atomic E-state index is 12.8. The molecule has 2 heterocycles. The van der Waals surface area contributed by atoms with Gasteiger partial charge in [-0.2, -0.15) is 0 Å². The second-order valence-electron chi connectivity index (χ2n) is 6.07. The summed E-state index contributed by atoms with van der Waals surface area (Å²) in [5.74, 6) is 1.08. The minimum Gasteiger partial charge on any atom is -0.492 e. The summed E-state index contributed by atoms with van der Waals surface area (Å²) in [6, 6.07) is 9.35. The van der Waals surface area contributed by atoms with Gasteiger partial charge >= 0.3 is 0 Å². The number of rotatable bonds is 6. The van der Waals surface area contributed by atoms with Crippen LogP contribution >= 0.6 is 11.6 Å². The molecule has 8 heteroatoms. The number of piperidine rings is 1. The van der Waals surface area contributed by atoms with Crippen molar-refractivity contribution in [2.75, 3.05) is 31.1 Å². The molecule has 1 aliphatic heterocycles. The highest BCUT2D eigenvalue weighted by Gasteiger charge is 2.25. The van der Waals surface area contributed by atoms with E-state index in [1.54, 1.807) is 18.2 Å². The molecule has 1 aromatic heterocycles. The highest BCUT2D eigenvalue weighted by molar-refractivity contribution is 6.29. The summed E-state index contributed by atoms with van der Waals surface area (Å²) in [5, 5.41) is 11.2. The zero-order chi connectivity index (χ0) is 18.4. The lowest BCUT2D eigenvalue weighted by atomic mass is 9.96. The molecule has 26 heavy (non-hydrogen) atoms. The lowest BCUT2D eigenvalue weighted by Gasteiger charge is -2.31. The molecule has 1 N–H and O–H groups in total. The third-order valence-corrected chi connectivity index (χ3v) is 4.49. The number of hydrogen-bond acceptors (Lipinski definition) is 5. The Morgan fingerprint density at radius 3 is 2.58 bits per heavy atom. The summed E-state index contributed by atoms with van der Waals surface area (Å²) in [7, 11) is 0. The van der Waals surface area contributed by atoms with Crippen LogP contribution in [0.3, 0.4) is 0 Å². The molecule has 0 spiro atoms. The number of halogens is 2. The average Bonchev–Trinajstić information content (AvgIpc) is 2.67. The fourth-order valence-corrected chi connectivity index (χ4v) is 2.97. The average molecular weight is 379 g/mol. The SMILES string of the molecule is O=C(NCCOc1ccc(F)cc1)C1CCN(c2ccc(Cl)nn2)CC1. The van der Waals surface area contributed by atoms with E-state index in [9.17, 15) is 9.18 Å².